The summed E-state index contributed by atoms with van der Waals surface area (Å²) < 4.78 is 1.87. The number of anilines is 1. The summed E-state index contributed by atoms with van der Waals surface area (Å²) in [6.07, 6.45) is 4.20. The molecule has 0 radical (unpaired) electrons. The van der Waals surface area contributed by atoms with Gasteiger partial charge in [-0.15, -0.1) is 5.10 Å². The number of hydrogen-bond donors (Lipinski definition) is 1. The molecule has 2 aromatic heterocycles. The van der Waals surface area contributed by atoms with Crippen LogP contribution in [-0.4, -0.2) is 40.3 Å². The summed E-state index contributed by atoms with van der Waals surface area (Å²) in [6.45, 7) is 6.37. The fourth-order valence-corrected chi connectivity index (χ4v) is 2.61. The van der Waals surface area contributed by atoms with E-state index >= 15 is 0 Å². The molecule has 0 amide bonds. The largest absolute Gasteiger partial charge is 0.339 e. The molecule has 0 bridgehead atoms. The highest BCUT2D eigenvalue weighted by Gasteiger charge is 2.29. The molecule has 1 saturated heterocycles. The number of piperidine rings is 1. The molecule has 0 saturated carbocycles. The predicted octanol–water partition coefficient (Wildman–Crippen LogP) is 1.62. The number of aryl methyl sites for hydroxylation is 1. The first-order valence-electron chi connectivity index (χ1n) is 6.87. The summed E-state index contributed by atoms with van der Waals surface area (Å²) in [6, 6.07) is 4.08. The Bertz CT molecular complexity index is 581. The van der Waals surface area contributed by atoms with Crippen molar-refractivity contribution in [2.45, 2.75) is 32.2 Å². The van der Waals surface area contributed by atoms with E-state index in [9.17, 15) is 0 Å². The number of nitrogens with zero attached hydrogens (tertiary/aromatic N) is 4. The van der Waals surface area contributed by atoms with Crippen LogP contribution in [0.25, 0.3) is 5.65 Å². The van der Waals surface area contributed by atoms with Gasteiger partial charge in [-0.25, -0.2) is 4.52 Å². The Balaban J connectivity index is 1.84. The highest BCUT2D eigenvalue weighted by molar-refractivity contribution is 5.50. The molecule has 102 valence electrons. The Labute approximate surface area is 113 Å². The average molecular weight is 259 g/mol. The standard InChI is InChI=1S/C14H21N5/c1-11-5-4-8-19-12(11)16-13(17-19)18-9-6-14(2,15-3)7-10-18/h4-5,8,15H,6-7,9-10H2,1-3H3. The molecule has 1 aliphatic heterocycles. The molecule has 1 fully saturated rings. The molecule has 1 N–H and O–H groups in total. The molecule has 3 heterocycles. The second kappa shape index (κ2) is 4.49. The van der Waals surface area contributed by atoms with Crippen LogP contribution < -0.4 is 10.2 Å². The lowest BCUT2D eigenvalue weighted by molar-refractivity contribution is 0.303. The van der Waals surface area contributed by atoms with E-state index in [1.165, 1.54) is 5.56 Å². The third-order valence-electron chi connectivity index (χ3n) is 4.30. The number of nitrogens with one attached hydrogen (secondary N) is 1. The predicted molar refractivity (Wildman–Crippen MR) is 76.6 cm³/mol. The molecule has 5 nitrogen and oxygen atoms in total. The monoisotopic (exact) mass is 259 g/mol. The fourth-order valence-electron chi connectivity index (χ4n) is 2.61. The molecule has 1 aliphatic rings. The Morgan fingerprint density at radius 2 is 2.05 bits per heavy atom. The van der Waals surface area contributed by atoms with Crippen molar-refractivity contribution in [3.8, 4) is 0 Å². The van der Waals surface area contributed by atoms with Gasteiger partial charge in [0.2, 0.25) is 5.95 Å². The summed E-state index contributed by atoms with van der Waals surface area (Å²) in [7, 11) is 2.04. The number of aromatic nitrogens is 3. The smallest absolute Gasteiger partial charge is 0.245 e. The Hall–Kier alpha value is -1.62. The first-order valence-corrected chi connectivity index (χ1v) is 6.87. The van der Waals surface area contributed by atoms with Crippen LogP contribution >= 0.6 is 0 Å². The van der Waals surface area contributed by atoms with E-state index < -0.39 is 0 Å². The highest BCUT2D eigenvalue weighted by Crippen LogP contribution is 2.24. The van der Waals surface area contributed by atoms with Gasteiger partial charge in [0.05, 0.1) is 0 Å². The molecule has 3 rings (SSSR count). The van der Waals surface area contributed by atoms with Gasteiger partial charge in [-0.2, -0.15) is 4.98 Å². The van der Waals surface area contributed by atoms with E-state index in [-0.39, 0.29) is 5.54 Å². The van der Waals surface area contributed by atoms with E-state index in [0.29, 0.717) is 0 Å². The van der Waals surface area contributed by atoms with Crippen LogP contribution in [0.15, 0.2) is 18.3 Å². The Kier molecular flexibility index (Phi) is 2.93. The molecule has 0 aliphatic carbocycles. The zero-order chi connectivity index (χ0) is 13.5. The SMILES string of the molecule is CNC1(C)CCN(c2nc3c(C)cccn3n2)CC1. The Morgan fingerprint density at radius 3 is 2.68 bits per heavy atom. The zero-order valence-electron chi connectivity index (χ0n) is 11.8. The molecular formula is C14H21N5. The van der Waals surface area contributed by atoms with Gasteiger partial charge in [0.25, 0.3) is 0 Å². The third-order valence-corrected chi connectivity index (χ3v) is 4.30. The first kappa shape index (κ1) is 12.4. The minimum Gasteiger partial charge on any atom is -0.339 e. The lowest BCUT2D eigenvalue weighted by atomic mass is 9.90. The molecule has 0 spiro atoms. The van der Waals surface area contributed by atoms with Crippen LogP contribution in [-0.2, 0) is 0 Å². The molecule has 2 aromatic rings. The van der Waals surface area contributed by atoms with Crippen LogP contribution in [0.4, 0.5) is 5.95 Å². The van der Waals surface area contributed by atoms with Crippen LogP contribution in [0, 0.1) is 6.92 Å². The van der Waals surface area contributed by atoms with Crippen molar-refractivity contribution in [3.05, 3.63) is 23.9 Å². The topological polar surface area (TPSA) is 45.5 Å². The Morgan fingerprint density at radius 1 is 1.32 bits per heavy atom. The normalized spacial score (nSPS) is 19.0. The quantitative estimate of drug-likeness (QED) is 0.890. The van der Waals surface area contributed by atoms with Crippen molar-refractivity contribution >= 4 is 11.6 Å². The third kappa shape index (κ3) is 2.18. The maximum atomic E-state index is 4.67. The summed E-state index contributed by atoms with van der Waals surface area (Å²) in [5, 5.41) is 8.00. The van der Waals surface area contributed by atoms with Gasteiger partial charge in [0.15, 0.2) is 5.65 Å². The summed E-state index contributed by atoms with van der Waals surface area (Å²) in [5.41, 5.74) is 2.38. The van der Waals surface area contributed by atoms with Crippen LogP contribution in [0.2, 0.25) is 0 Å². The van der Waals surface area contributed by atoms with E-state index in [0.717, 1.165) is 37.5 Å². The first-order chi connectivity index (χ1) is 9.11. The van der Waals surface area contributed by atoms with Gasteiger partial charge in [-0.05, 0) is 45.4 Å². The van der Waals surface area contributed by atoms with Crippen molar-refractivity contribution in [2.75, 3.05) is 25.0 Å². The van der Waals surface area contributed by atoms with Crippen LogP contribution in [0.3, 0.4) is 0 Å². The average Bonchev–Trinajstić information content (AvgIpc) is 2.85. The molecular weight excluding hydrogens is 238 g/mol. The molecule has 0 atom stereocenters. The lowest BCUT2D eigenvalue weighted by Gasteiger charge is -2.38. The second-order valence-electron chi connectivity index (χ2n) is 5.67. The molecule has 19 heavy (non-hydrogen) atoms. The van der Waals surface area contributed by atoms with Crippen LogP contribution in [0.1, 0.15) is 25.3 Å². The molecule has 0 aromatic carbocycles. The van der Waals surface area contributed by atoms with E-state index in [1.54, 1.807) is 0 Å². The van der Waals surface area contributed by atoms with Crippen molar-refractivity contribution in [1.29, 1.82) is 0 Å². The molecule has 5 heteroatoms. The van der Waals surface area contributed by atoms with E-state index in [1.807, 2.05) is 23.8 Å². The van der Waals surface area contributed by atoms with Gasteiger partial charge in [-0.1, -0.05) is 6.07 Å². The van der Waals surface area contributed by atoms with Gasteiger partial charge >= 0.3 is 0 Å². The summed E-state index contributed by atoms with van der Waals surface area (Å²) in [4.78, 5) is 6.95. The number of hydrogen-bond acceptors (Lipinski definition) is 4. The summed E-state index contributed by atoms with van der Waals surface area (Å²) in [5.74, 6) is 0.854. The second-order valence-corrected chi connectivity index (χ2v) is 5.67. The van der Waals surface area contributed by atoms with Gasteiger partial charge in [0.1, 0.15) is 0 Å². The van der Waals surface area contributed by atoms with E-state index in [2.05, 4.69) is 40.2 Å². The number of pyridine rings is 1. The van der Waals surface area contributed by atoms with E-state index in [4.69, 9.17) is 0 Å². The fraction of sp³-hybridized carbons (Fsp3) is 0.571. The van der Waals surface area contributed by atoms with Crippen molar-refractivity contribution in [1.82, 2.24) is 19.9 Å². The summed E-state index contributed by atoms with van der Waals surface area (Å²) >= 11 is 0. The van der Waals surface area contributed by atoms with Gasteiger partial charge in [-0.3, -0.25) is 0 Å². The van der Waals surface area contributed by atoms with Crippen molar-refractivity contribution in [3.63, 3.8) is 0 Å². The van der Waals surface area contributed by atoms with Crippen LogP contribution in [0.5, 0.6) is 0 Å². The van der Waals surface area contributed by atoms with Crippen molar-refractivity contribution in [2.24, 2.45) is 0 Å². The highest BCUT2D eigenvalue weighted by atomic mass is 15.4. The maximum absolute atomic E-state index is 4.67. The minimum absolute atomic E-state index is 0.256. The minimum atomic E-state index is 0.256. The number of rotatable bonds is 2. The van der Waals surface area contributed by atoms with Gasteiger partial charge < -0.3 is 10.2 Å². The zero-order valence-corrected chi connectivity index (χ0v) is 11.8. The lowest BCUT2D eigenvalue weighted by Crippen LogP contribution is -2.50. The number of fused-ring (bicyclic) bond motifs is 1. The van der Waals surface area contributed by atoms with Gasteiger partial charge in [0, 0.05) is 24.8 Å². The van der Waals surface area contributed by atoms with Crippen molar-refractivity contribution < 1.29 is 0 Å². The molecule has 0 unspecified atom stereocenters. The maximum Gasteiger partial charge on any atom is 0.245 e.